The number of nitrogens with one attached hydrogen (secondary N) is 1. The van der Waals surface area contributed by atoms with E-state index in [1.165, 1.54) is 0 Å². The number of hydrogen-bond donors (Lipinski definition) is 1. The molecule has 24 heavy (non-hydrogen) atoms. The summed E-state index contributed by atoms with van der Waals surface area (Å²) in [5, 5.41) is 0. The highest BCUT2D eigenvalue weighted by Crippen LogP contribution is 2.24. The lowest BCUT2D eigenvalue weighted by molar-refractivity contribution is 0.0801. The third kappa shape index (κ3) is 4.41. The van der Waals surface area contributed by atoms with E-state index < -0.39 is 10.4 Å². The maximum Gasteiger partial charge on any atom is 0.144 e. The summed E-state index contributed by atoms with van der Waals surface area (Å²) in [5.41, 5.74) is 1.10. The van der Waals surface area contributed by atoms with Gasteiger partial charge >= 0.3 is 0 Å². The number of ether oxygens (including phenoxy) is 1. The van der Waals surface area contributed by atoms with Crippen molar-refractivity contribution in [1.82, 2.24) is 14.5 Å². The molecule has 7 heteroatoms. The van der Waals surface area contributed by atoms with E-state index in [0.717, 1.165) is 25.1 Å². The summed E-state index contributed by atoms with van der Waals surface area (Å²) < 4.78 is 32.7. The molecule has 2 aliphatic heterocycles. The minimum Gasteiger partial charge on any atom is -0.598 e. The summed E-state index contributed by atoms with van der Waals surface area (Å²) >= 11 is 0. The smallest absolute Gasteiger partial charge is 0.144 e. The van der Waals surface area contributed by atoms with Gasteiger partial charge in [0.25, 0.3) is 0 Å². The molecular formula is C17H27N3O3S. The van der Waals surface area contributed by atoms with Crippen LogP contribution >= 0.6 is 0 Å². The number of benzene rings is 1. The molecule has 134 valence electrons. The molecule has 1 unspecified atom stereocenters. The fourth-order valence-electron chi connectivity index (χ4n) is 3.57. The fourth-order valence-corrected chi connectivity index (χ4v) is 5.25. The van der Waals surface area contributed by atoms with Crippen LogP contribution in [0.5, 0.6) is 0 Å². The number of nitrogens with zero attached hydrogens (tertiary/aromatic N) is 2. The molecule has 2 saturated heterocycles. The van der Waals surface area contributed by atoms with Gasteiger partial charge in [0.05, 0.1) is 25.3 Å². The summed E-state index contributed by atoms with van der Waals surface area (Å²) in [5.74, 6) is 0.173. The molecule has 6 nitrogen and oxygen atoms in total. The summed E-state index contributed by atoms with van der Waals surface area (Å²) in [6, 6.07) is 10.3. The molecule has 0 saturated carbocycles. The van der Waals surface area contributed by atoms with E-state index in [2.05, 4.69) is 28.6 Å². The molecule has 2 aliphatic rings. The SMILES string of the molecule is CN(C)[C@H]1CCN([C@H]2C[S+](=O)([O-])N[C@H]2COCc2ccccc2)C1. The van der Waals surface area contributed by atoms with Crippen LogP contribution in [0.15, 0.2) is 30.3 Å². The molecule has 4 atom stereocenters. The van der Waals surface area contributed by atoms with Gasteiger partial charge in [-0.25, -0.2) is 0 Å². The van der Waals surface area contributed by atoms with Crippen molar-refractivity contribution >= 4 is 10.4 Å². The predicted molar refractivity (Wildman–Crippen MR) is 94.2 cm³/mol. The number of rotatable bonds is 6. The average molecular weight is 353 g/mol. The van der Waals surface area contributed by atoms with Gasteiger partial charge in [-0.3, -0.25) is 4.90 Å². The van der Waals surface area contributed by atoms with Crippen LogP contribution in [-0.4, -0.2) is 72.0 Å². The van der Waals surface area contributed by atoms with Gasteiger partial charge in [0.15, 0.2) is 0 Å². The second kappa shape index (κ2) is 7.59. The highest BCUT2D eigenvalue weighted by Gasteiger charge is 2.46. The minimum atomic E-state index is -3.20. The topological polar surface area (TPSA) is 67.9 Å². The Hall–Kier alpha value is -0.830. The van der Waals surface area contributed by atoms with Crippen molar-refractivity contribution in [3.05, 3.63) is 35.9 Å². The summed E-state index contributed by atoms with van der Waals surface area (Å²) in [6.45, 7) is 2.78. The van der Waals surface area contributed by atoms with Gasteiger partial charge in [0.1, 0.15) is 16.2 Å². The van der Waals surface area contributed by atoms with Gasteiger partial charge in [-0.2, -0.15) is 0 Å². The van der Waals surface area contributed by atoms with Crippen LogP contribution in [0.25, 0.3) is 0 Å². The normalized spacial score (nSPS) is 34.2. The molecule has 1 aromatic carbocycles. The van der Waals surface area contributed by atoms with Crippen molar-refractivity contribution in [3.8, 4) is 0 Å². The van der Waals surface area contributed by atoms with Crippen LogP contribution in [-0.2, 0) is 26.0 Å². The van der Waals surface area contributed by atoms with Crippen LogP contribution in [0.4, 0.5) is 0 Å². The van der Waals surface area contributed by atoms with Crippen molar-refractivity contribution in [2.24, 2.45) is 0 Å². The fraction of sp³-hybridized carbons (Fsp3) is 0.647. The van der Waals surface area contributed by atoms with Crippen LogP contribution in [0.3, 0.4) is 0 Å². The third-order valence-electron chi connectivity index (χ3n) is 4.99. The standard InChI is InChI=1S/C17H27N3O3S/c1-19(2)15-8-9-20(10-15)17-13-24(21,22)18-16(17)12-23-11-14-6-4-3-5-7-14/h3-7,15-17H,8-13H2,1-2H3,(H-,18,21,22)/t15-,16-,17-/m0/s1. The van der Waals surface area contributed by atoms with Crippen molar-refractivity contribution in [2.75, 3.05) is 39.5 Å². The maximum absolute atomic E-state index is 12.1. The Labute approximate surface area is 145 Å². The number of likely N-dealkylation sites (N-methyl/N-ethyl adjacent to an activating group) is 1. The van der Waals surface area contributed by atoms with E-state index >= 15 is 0 Å². The van der Waals surface area contributed by atoms with Gasteiger partial charge < -0.3 is 14.2 Å². The van der Waals surface area contributed by atoms with Crippen molar-refractivity contribution < 1.29 is 13.5 Å². The third-order valence-corrected chi connectivity index (χ3v) is 6.43. The molecule has 0 aliphatic carbocycles. The zero-order chi connectivity index (χ0) is 17.2. The van der Waals surface area contributed by atoms with Gasteiger partial charge in [-0.1, -0.05) is 34.5 Å². The lowest BCUT2D eigenvalue weighted by atomic mass is 10.1. The Morgan fingerprint density at radius 2 is 2.12 bits per heavy atom. The molecule has 0 aromatic heterocycles. The number of sulfonamides is 1. The highest BCUT2D eigenvalue weighted by molar-refractivity contribution is 7.96. The summed E-state index contributed by atoms with van der Waals surface area (Å²) in [6.07, 6.45) is 1.08. The summed E-state index contributed by atoms with van der Waals surface area (Å²) in [4.78, 5) is 4.52. The Bertz CT molecular complexity index is 584. The van der Waals surface area contributed by atoms with Gasteiger partial charge in [-0.15, -0.1) is 4.72 Å². The molecule has 3 rings (SSSR count). The van der Waals surface area contributed by atoms with E-state index in [1.54, 1.807) is 0 Å². The van der Waals surface area contributed by atoms with E-state index in [-0.39, 0.29) is 17.8 Å². The van der Waals surface area contributed by atoms with E-state index in [4.69, 9.17) is 4.74 Å². The zero-order valence-electron chi connectivity index (χ0n) is 14.4. The molecule has 0 spiro atoms. The predicted octanol–water partition coefficient (Wildman–Crippen LogP) is 0.724. The number of hydrogen-bond acceptors (Lipinski definition) is 5. The molecule has 0 bridgehead atoms. The lowest BCUT2D eigenvalue weighted by Crippen LogP contribution is -2.47. The Balaban J connectivity index is 1.57. The van der Waals surface area contributed by atoms with Gasteiger partial charge in [0.2, 0.25) is 0 Å². The minimum absolute atomic E-state index is 0.00396. The molecule has 1 N–H and O–H groups in total. The quantitative estimate of drug-likeness (QED) is 0.764. The van der Waals surface area contributed by atoms with Crippen molar-refractivity contribution in [2.45, 2.75) is 31.2 Å². The first kappa shape index (κ1) is 18.0. The Kier molecular flexibility index (Phi) is 5.69. The largest absolute Gasteiger partial charge is 0.598 e. The molecule has 0 amide bonds. The molecule has 2 fully saturated rings. The van der Waals surface area contributed by atoms with Crippen LogP contribution in [0.2, 0.25) is 0 Å². The first-order valence-corrected chi connectivity index (χ1v) is 10.1. The van der Waals surface area contributed by atoms with Crippen LogP contribution < -0.4 is 4.72 Å². The second-order valence-electron chi connectivity index (χ2n) is 6.97. The van der Waals surface area contributed by atoms with Crippen molar-refractivity contribution in [3.63, 3.8) is 0 Å². The second-order valence-corrected chi connectivity index (χ2v) is 8.77. The molecule has 1 aromatic rings. The van der Waals surface area contributed by atoms with Crippen LogP contribution in [0, 0.1) is 0 Å². The van der Waals surface area contributed by atoms with Gasteiger partial charge in [0, 0.05) is 19.1 Å². The molecule has 2 heterocycles. The van der Waals surface area contributed by atoms with E-state index in [0.29, 0.717) is 19.3 Å². The Morgan fingerprint density at radius 1 is 1.38 bits per heavy atom. The maximum atomic E-state index is 12.1. The van der Waals surface area contributed by atoms with E-state index in [1.807, 2.05) is 30.3 Å². The van der Waals surface area contributed by atoms with Gasteiger partial charge in [-0.05, 0) is 26.1 Å². The zero-order valence-corrected chi connectivity index (χ0v) is 15.2. The lowest BCUT2D eigenvalue weighted by Gasteiger charge is -2.27. The van der Waals surface area contributed by atoms with E-state index in [9.17, 15) is 8.76 Å². The number of likely N-dealkylation sites (tertiary alicyclic amines) is 1. The first-order chi connectivity index (χ1) is 11.4. The van der Waals surface area contributed by atoms with Crippen molar-refractivity contribution in [1.29, 1.82) is 0 Å². The summed E-state index contributed by atoms with van der Waals surface area (Å²) in [7, 11) is 0.963. The van der Waals surface area contributed by atoms with Crippen LogP contribution in [0.1, 0.15) is 12.0 Å². The first-order valence-electron chi connectivity index (χ1n) is 8.47. The average Bonchev–Trinajstić information content (AvgIpc) is 3.13. The molecular weight excluding hydrogens is 326 g/mol. The Morgan fingerprint density at radius 3 is 2.79 bits per heavy atom. The highest BCUT2D eigenvalue weighted by atomic mass is 32.3. The monoisotopic (exact) mass is 353 g/mol. The molecule has 0 radical (unpaired) electrons.